The summed E-state index contributed by atoms with van der Waals surface area (Å²) in [5, 5.41) is 3.24. The first-order valence-corrected chi connectivity index (χ1v) is 7.58. The maximum atomic E-state index is 4.07. The molecule has 21 heavy (non-hydrogen) atoms. The van der Waals surface area contributed by atoms with Crippen LogP contribution in [0.5, 0.6) is 0 Å². The Bertz CT molecular complexity index is 548. The molecule has 4 heteroatoms. The van der Waals surface area contributed by atoms with Gasteiger partial charge in [-0.3, -0.25) is 9.89 Å². The highest BCUT2D eigenvalue weighted by molar-refractivity contribution is 5.97. The SMILES string of the molecule is C=NC(=NC)Nc1cc(C)c(C2CCCCN2C)cc1C. The lowest BCUT2D eigenvalue weighted by Gasteiger charge is -2.34. The first kappa shape index (κ1) is 15.7. The zero-order valence-corrected chi connectivity index (χ0v) is 13.6. The van der Waals surface area contributed by atoms with Gasteiger partial charge in [-0.15, -0.1) is 0 Å². The van der Waals surface area contributed by atoms with Crippen LogP contribution in [0.2, 0.25) is 0 Å². The van der Waals surface area contributed by atoms with Gasteiger partial charge in [-0.05, 0) is 69.8 Å². The maximum absolute atomic E-state index is 4.07. The number of nitrogens with zero attached hydrogens (tertiary/aromatic N) is 3. The monoisotopic (exact) mass is 286 g/mol. The molecule has 1 atom stereocenters. The van der Waals surface area contributed by atoms with Crippen LogP contribution in [0.25, 0.3) is 0 Å². The molecule has 0 aromatic heterocycles. The van der Waals surface area contributed by atoms with Crippen molar-refractivity contribution in [1.29, 1.82) is 0 Å². The summed E-state index contributed by atoms with van der Waals surface area (Å²) < 4.78 is 0. The normalized spacial score (nSPS) is 20.4. The lowest BCUT2D eigenvalue weighted by Crippen LogP contribution is -2.30. The molecule has 0 radical (unpaired) electrons. The quantitative estimate of drug-likeness (QED) is 0.667. The molecule has 1 heterocycles. The highest BCUT2D eigenvalue weighted by Gasteiger charge is 2.22. The van der Waals surface area contributed by atoms with Gasteiger partial charge in [-0.2, -0.15) is 0 Å². The Kier molecular flexibility index (Phi) is 5.12. The van der Waals surface area contributed by atoms with Gasteiger partial charge in [0.05, 0.1) is 0 Å². The molecule has 4 nitrogen and oxygen atoms in total. The number of nitrogens with one attached hydrogen (secondary N) is 1. The third-order valence-corrected chi connectivity index (χ3v) is 4.35. The summed E-state index contributed by atoms with van der Waals surface area (Å²) in [6.45, 7) is 9.04. The second-order valence-electron chi connectivity index (χ2n) is 5.85. The van der Waals surface area contributed by atoms with Crippen molar-refractivity contribution in [3.05, 3.63) is 28.8 Å². The van der Waals surface area contributed by atoms with Crippen molar-refractivity contribution in [3.63, 3.8) is 0 Å². The fourth-order valence-corrected chi connectivity index (χ4v) is 3.09. The number of aliphatic imine (C=N–C) groups is 2. The molecule has 1 saturated heterocycles. The molecule has 114 valence electrons. The second kappa shape index (κ2) is 6.85. The standard InChI is InChI=1S/C17H26N4/c1-12-11-15(20-17(18-3)19-4)13(2)10-14(12)16-8-6-7-9-21(16)5/h10-11,16H,3,6-9H2,1-2,4-5H3,(H,19,20). The maximum Gasteiger partial charge on any atom is 0.221 e. The van der Waals surface area contributed by atoms with E-state index in [-0.39, 0.29) is 0 Å². The summed E-state index contributed by atoms with van der Waals surface area (Å²) in [7, 11) is 3.94. The first-order valence-electron chi connectivity index (χ1n) is 7.58. The predicted molar refractivity (Wildman–Crippen MR) is 91.7 cm³/mol. The van der Waals surface area contributed by atoms with Gasteiger partial charge in [0.25, 0.3) is 0 Å². The number of guanidine groups is 1. The highest BCUT2D eigenvalue weighted by atomic mass is 15.1. The summed E-state index contributed by atoms with van der Waals surface area (Å²) in [5.41, 5.74) is 5.05. The highest BCUT2D eigenvalue weighted by Crippen LogP contribution is 2.34. The molecular weight excluding hydrogens is 260 g/mol. The van der Waals surface area contributed by atoms with Crippen LogP contribution < -0.4 is 5.32 Å². The topological polar surface area (TPSA) is 40.0 Å². The number of benzene rings is 1. The van der Waals surface area contributed by atoms with E-state index in [0.717, 1.165) is 5.69 Å². The van der Waals surface area contributed by atoms with Crippen molar-refractivity contribution in [1.82, 2.24) is 4.90 Å². The molecule has 0 aliphatic carbocycles. The Balaban J connectivity index is 2.30. The average molecular weight is 286 g/mol. The Labute approximate surface area is 128 Å². The molecule has 1 aliphatic heterocycles. The van der Waals surface area contributed by atoms with E-state index in [2.05, 4.69) is 59.9 Å². The van der Waals surface area contributed by atoms with Gasteiger partial charge in [-0.1, -0.05) is 12.5 Å². The number of likely N-dealkylation sites (tertiary alicyclic amines) is 1. The molecule has 0 bridgehead atoms. The Morgan fingerprint density at radius 2 is 2.05 bits per heavy atom. The van der Waals surface area contributed by atoms with E-state index in [1.807, 2.05) is 0 Å². The Morgan fingerprint density at radius 3 is 2.67 bits per heavy atom. The minimum absolute atomic E-state index is 0.545. The van der Waals surface area contributed by atoms with Gasteiger partial charge in [0.2, 0.25) is 5.96 Å². The van der Waals surface area contributed by atoms with E-state index < -0.39 is 0 Å². The van der Waals surface area contributed by atoms with Crippen LogP contribution in [0, 0.1) is 13.8 Å². The van der Waals surface area contributed by atoms with Crippen LogP contribution in [0.3, 0.4) is 0 Å². The van der Waals surface area contributed by atoms with Gasteiger partial charge in [0, 0.05) is 18.8 Å². The van der Waals surface area contributed by atoms with Crippen LogP contribution in [-0.4, -0.2) is 38.2 Å². The van der Waals surface area contributed by atoms with Crippen molar-refractivity contribution < 1.29 is 0 Å². The molecule has 1 unspecified atom stereocenters. The Hall–Kier alpha value is -1.68. The minimum Gasteiger partial charge on any atom is -0.324 e. The van der Waals surface area contributed by atoms with Gasteiger partial charge in [0.1, 0.15) is 0 Å². The lowest BCUT2D eigenvalue weighted by molar-refractivity contribution is 0.187. The van der Waals surface area contributed by atoms with Crippen LogP contribution >= 0.6 is 0 Å². The predicted octanol–water partition coefficient (Wildman–Crippen LogP) is 3.56. The van der Waals surface area contributed by atoms with Gasteiger partial charge < -0.3 is 5.32 Å². The van der Waals surface area contributed by atoms with Gasteiger partial charge in [-0.25, -0.2) is 4.99 Å². The summed E-state index contributed by atoms with van der Waals surface area (Å²) in [4.78, 5) is 10.4. The van der Waals surface area contributed by atoms with Crippen LogP contribution in [0.15, 0.2) is 22.1 Å². The number of hydrogen-bond acceptors (Lipinski definition) is 2. The van der Waals surface area contributed by atoms with Crippen molar-refractivity contribution in [3.8, 4) is 0 Å². The van der Waals surface area contributed by atoms with Crippen molar-refractivity contribution in [2.24, 2.45) is 9.98 Å². The summed E-state index contributed by atoms with van der Waals surface area (Å²) in [6.07, 6.45) is 3.88. The third kappa shape index (κ3) is 3.50. The zero-order valence-electron chi connectivity index (χ0n) is 13.6. The molecule has 1 aromatic carbocycles. The lowest BCUT2D eigenvalue weighted by atomic mass is 9.91. The van der Waals surface area contributed by atoms with E-state index in [1.165, 1.54) is 42.5 Å². The van der Waals surface area contributed by atoms with E-state index in [1.54, 1.807) is 7.05 Å². The van der Waals surface area contributed by atoms with Crippen LogP contribution in [0.4, 0.5) is 5.69 Å². The molecule has 0 saturated carbocycles. The smallest absolute Gasteiger partial charge is 0.221 e. The minimum atomic E-state index is 0.545. The van der Waals surface area contributed by atoms with Crippen molar-refractivity contribution in [2.45, 2.75) is 39.2 Å². The fraction of sp³-hybridized carbons (Fsp3) is 0.529. The number of hydrogen-bond donors (Lipinski definition) is 1. The van der Waals surface area contributed by atoms with Crippen LogP contribution in [-0.2, 0) is 0 Å². The largest absolute Gasteiger partial charge is 0.324 e. The summed E-state index contributed by atoms with van der Waals surface area (Å²) in [6, 6.07) is 5.05. The van der Waals surface area contributed by atoms with Crippen LogP contribution in [0.1, 0.15) is 42.0 Å². The fourth-order valence-electron chi connectivity index (χ4n) is 3.09. The number of piperidine rings is 1. The molecular formula is C17H26N4. The summed E-state index contributed by atoms with van der Waals surface area (Å²) >= 11 is 0. The average Bonchev–Trinajstić information content (AvgIpc) is 2.48. The second-order valence-corrected chi connectivity index (χ2v) is 5.85. The van der Waals surface area contributed by atoms with E-state index in [9.17, 15) is 0 Å². The molecule has 0 spiro atoms. The van der Waals surface area contributed by atoms with E-state index in [0.29, 0.717) is 12.0 Å². The number of rotatable bonds is 2. The number of aryl methyl sites for hydroxylation is 2. The van der Waals surface area contributed by atoms with Crippen molar-refractivity contribution >= 4 is 18.4 Å². The van der Waals surface area contributed by atoms with Gasteiger partial charge >= 0.3 is 0 Å². The van der Waals surface area contributed by atoms with E-state index >= 15 is 0 Å². The molecule has 1 aliphatic rings. The molecule has 0 amide bonds. The molecule has 1 aromatic rings. The third-order valence-electron chi connectivity index (χ3n) is 4.35. The van der Waals surface area contributed by atoms with Crippen molar-refractivity contribution in [2.75, 3.05) is 26.0 Å². The van der Waals surface area contributed by atoms with E-state index in [4.69, 9.17) is 0 Å². The molecule has 1 N–H and O–H groups in total. The molecule has 2 rings (SSSR count). The zero-order chi connectivity index (χ0) is 15.4. The first-order chi connectivity index (χ1) is 10.1. The summed E-state index contributed by atoms with van der Waals surface area (Å²) in [5.74, 6) is 0.556. The van der Waals surface area contributed by atoms with Gasteiger partial charge in [0.15, 0.2) is 0 Å². The number of anilines is 1. The Morgan fingerprint density at radius 1 is 1.29 bits per heavy atom. The molecule has 1 fully saturated rings.